The predicted octanol–water partition coefficient (Wildman–Crippen LogP) is 3.78. The van der Waals surface area contributed by atoms with E-state index in [9.17, 15) is 27.1 Å². The molecule has 0 aromatic heterocycles. The summed E-state index contributed by atoms with van der Waals surface area (Å²) in [5, 5.41) is 9.44. The molecule has 0 aliphatic heterocycles. The smallest absolute Gasteiger partial charge is 0.455 e. The highest BCUT2D eigenvalue weighted by Crippen LogP contribution is 2.45. The molecule has 0 heterocycles. The Kier molecular flexibility index (Phi) is 6.06. The van der Waals surface area contributed by atoms with Crippen molar-refractivity contribution >= 4 is 28.3 Å². The van der Waals surface area contributed by atoms with Crippen LogP contribution in [0.4, 0.5) is 22.0 Å². The molecule has 1 aromatic carbocycles. The van der Waals surface area contributed by atoms with Crippen molar-refractivity contribution in [3.05, 3.63) is 22.2 Å². The lowest BCUT2D eigenvalue weighted by molar-refractivity contribution is -0.291. The fourth-order valence-corrected chi connectivity index (χ4v) is 1.77. The molecule has 0 spiro atoms. The van der Waals surface area contributed by atoms with Crippen LogP contribution >= 0.6 is 28.3 Å². The average Bonchev–Trinajstić information content (AvgIpc) is 2.30. The number of rotatable bonds is 3. The highest BCUT2D eigenvalue weighted by molar-refractivity contribution is 9.10. The Morgan fingerprint density at radius 1 is 1.25 bits per heavy atom. The molecule has 1 atom stereocenters. The number of hydrogen-bond acceptors (Lipinski definition) is 3. The van der Waals surface area contributed by atoms with Crippen LogP contribution < -0.4 is 10.5 Å². The Morgan fingerprint density at radius 2 is 1.75 bits per heavy atom. The first-order valence-corrected chi connectivity index (χ1v) is 5.58. The lowest BCUT2D eigenvalue weighted by Crippen LogP contribution is -2.45. The lowest BCUT2D eigenvalue weighted by Gasteiger charge is -2.26. The molecule has 0 amide bonds. The summed E-state index contributed by atoms with van der Waals surface area (Å²) in [6, 6.07) is -0.912. The van der Waals surface area contributed by atoms with Gasteiger partial charge in [0.15, 0.2) is 11.5 Å². The van der Waals surface area contributed by atoms with E-state index in [2.05, 4.69) is 20.7 Å². The minimum atomic E-state index is -5.77. The van der Waals surface area contributed by atoms with Gasteiger partial charge >= 0.3 is 12.1 Å². The number of alkyl halides is 5. The molecule has 3 nitrogen and oxygen atoms in total. The van der Waals surface area contributed by atoms with Crippen molar-refractivity contribution < 1.29 is 31.8 Å². The average molecular weight is 387 g/mol. The van der Waals surface area contributed by atoms with Crippen molar-refractivity contribution in [3.8, 4) is 11.5 Å². The maximum Gasteiger partial charge on any atom is 0.455 e. The number of benzene rings is 1. The zero-order valence-corrected chi connectivity index (χ0v) is 12.2. The second-order valence-electron chi connectivity index (χ2n) is 3.65. The number of ether oxygens (including phenoxy) is 1. The van der Waals surface area contributed by atoms with Gasteiger partial charge in [0, 0.05) is 0 Å². The number of halogens is 7. The van der Waals surface area contributed by atoms with E-state index >= 15 is 0 Å². The van der Waals surface area contributed by atoms with Gasteiger partial charge in [-0.15, -0.1) is 12.4 Å². The fraction of sp³-hybridized carbons (Fsp3) is 0.400. The molecular formula is C10H10BrClF5NO2. The minimum absolute atomic E-state index is 0. The van der Waals surface area contributed by atoms with Gasteiger partial charge in [0.05, 0.1) is 11.6 Å². The maximum absolute atomic E-state index is 13.1. The van der Waals surface area contributed by atoms with Crippen LogP contribution in [-0.2, 0) is 0 Å². The molecule has 116 valence electrons. The van der Waals surface area contributed by atoms with Gasteiger partial charge in [-0.25, -0.2) is 0 Å². The van der Waals surface area contributed by atoms with Crippen LogP contribution in [0.25, 0.3) is 0 Å². The molecular weight excluding hydrogens is 376 g/mol. The summed E-state index contributed by atoms with van der Waals surface area (Å²) in [6.45, 7) is 0. The largest absolute Gasteiger partial charge is 0.503 e. The Labute approximate surface area is 125 Å². The SMILES string of the molecule is COc1cc([C@H](N)C(F)(F)C(F)(F)F)cc(Br)c1O.Cl. The van der Waals surface area contributed by atoms with Crippen LogP contribution in [0.15, 0.2) is 16.6 Å². The van der Waals surface area contributed by atoms with Gasteiger partial charge in [0.25, 0.3) is 0 Å². The van der Waals surface area contributed by atoms with Crippen LogP contribution in [-0.4, -0.2) is 24.3 Å². The lowest BCUT2D eigenvalue weighted by atomic mass is 10.0. The van der Waals surface area contributed by atoms with E-state index in [0.717, 1.165) is 19.2 Å². The molecule has 0 fully saturated rings. The zero-order valence-electron chi connectivity index (χ0n) is 9.84. The monoisotopic (exact) mass is 385 g/mol. The van der Waals surface area contributed by atoms with Crippen molar-refractivity contribution in [1.82, 2.24) is 0 Å². The van der Waals surface area contributed by atoms with Gasteiger partial charge in [0.2, 0.25) is 0 Å². The second kappa shape index (κ2) is 6.31. The van der Waals surface area contributed by atoms with E-state index in [0.29, 0.717) is 0 Å². The van der Waals surface area contributed by atoms with E-state index in [1.807, 2.05) is 0 Å². The van der Waals surface area contributed by atoms with Crippen molar-refractivity contribution in [1.29, 1.82) is 0 Å². The van der Waals surface area contributed by atoms with Crippen LogP contribution in [0.3, 0.4) is 0 Å². The van der Waals surface area contributed by atoms with Crippen molar-refractivity contribution in [2.24, 2.45) is 5.73 Å². The number of nitrogens with two attached hydrogens (primary N) is 1. The van der Waals surface area contributed by atoms with Gasteiger partial charge in [-0.05, 0) is 33.6 Å². The van der Waals surface area contributed by atoms with Crippen LogP contribution in [0, 0.1) is 0 Å². The zero-order chi connectivity index (χ0) is 15.0. The Bertz CT molecular complexity index is 483. The molecule has 0 unspecified atom stereocenters. The molecule has 10 heteroatoms. The molecule has 1 aromatic rings. The van der Waals surface area contributed by atoms with E-state index in [4.69, 9.17) is 5.73 Å². The molecule has 20 heavy (non-hydrogen) atoms. The molecule has 0 saturated carbocycles. The number of hydrogen-bond donors (Lipinski definition) is 2. The quantitative estimate of drug-likeness (QED) is 0.778. The highest BCUT2D eigenvalue weighted by Gasteiger charge is 2.61. The highest BCUT2D eigenvalue weighted by atomic mass is 79.9. The number of phenols is 1. The Hall–Kier alpha value is -0.800. The van der Waals surface area contributed by atoms with E-state index in [1.54, 1.807) is 0 Å². The van der Waals surface area contributed by atoms with E-state index in [-0.39, 0.29) is 22.6 Å². The first-order valence-electron chi connectivity index (χ1n) is 4.79. The first kappa shape index (κ1) is 19.2. The summed E-state index contributed by atoms with van der Waals surface area (Å²) in [5.74, 6) is -5.79. The van der Waals surface area contributed by atoms with Crippen molar-refractivity contribution in [3.63, 3.8) is 0 Å². The molecule has 0 bridgehead atoms. The van der Waals surface area contributed by atoms with Crippen LogP contribution in [0.5, 0.6) is 11.5 Å². The minimum Gasteiger partial charge on any atom is -0.503 e. The summed E-state index contributed by atoms with van der Waals surface area (Å²) in [5.41, 5.74) is 4.45. The number of methoxy groups -OCH3 is 1. The predicted molar refractivity (Wildman–Crippen MR) is 67.5 cm³/mol. The van der Waals surface area contributed by atoms with E-state index < -0.39 is 29.5 Å². The normalized spacial score (nSPS) is 13.6. The summed E-state index contributed by atoms with van der Waals surface area (Å²) in [6.07, 6.45) is -5.77. The Balaban J connectivity index is 0.00000361. The van der Waals surface area contributed by atoms with E-state index in [1.165, 1.54) is 0 Å². The van der Waals surface area contributed by atoms with Gasteiger partial charge in [0.1, 0.15) is 6.04 Å². The number of aromatic hydroxyl groups is 1. The maximum atomic E-state index is 13.1. The van der Waals surface area contributed by atoms with Gasteiger partial charge in [-0.1, -0.05) is 0 Å². The third-order valence-corrected chi connectivity index (χ3v) is 3.00. The Morgan fingerprint density at radius 3 is 2.15 bits per heavy atom. The number of phenolic OH excluding ortho intramolecular Hbond substituents is 1. The first-order chi connectivity index (χ1) is 8.52. The van der Waals surface area contributed by atoms with Crippen LogP contribution in [0.1, 0.15) is 11.6 Å². The second-order valence-corrected chi connectivity index (χ2v) is 4.51. The van der Waals surface area contributed by atoms with Gasteiger partial charge in [-0.3, -0.25) is 0 Å². The van der Waals surface area contributed by atoms with Gasteiger partial charge in [-0.2, -0.15) is 22.0 Å². The summed E-state index contributed by atoms with van der Waals surface area (Å²) < 4.78 is 67.4. The third-order valence-electron chi connectivity index (χ3n) is 2.40. The standard InChI is InChI=1S/C10H9BrF5NO2.ClH/c1-19-6-3-4(2-5(11)7(6)18)8(17)9(12,13)10(14,15)16;/h2-3,8,18H,17H2,1H3;1H/t8-;/m0./s1. The summed E-state index contributed by atoms with van der Waals surface area (Å²) in [4.78, 5) is 0. The van der Waals surface area contributed by atoms with Crippen molar-refractivity contribution in [2.75, 3.05) is 7.11 Å². The topological polar surface area (TPSA) is 55.5 Å². The fourth-order valence-electron chi connectivity index (χ4n) is 1.31. The van der Waals surface area contributed by atoms with Crippen LogP contribution in [0.2, 0.25) is 0 Å². The molecule has 3 N–H and O–H groups in total. The van der Waals surface area contributed by atoms with Gasteiger partial charge < -0.3 is 15.6 Å². The third kappa shape index (κ3) is 3.44. The molecule has 0 radical (unpaired) electrons. The summed E-state index contributed by atoms with van der Waals surface area (Å²) in [7, 11) is 1.12. The summed E-state index contributed by atoms with van der Waals surface area (Å²) >= 11 is 2.81. The van der Waals surface area contributed by atoms with Crippen molar-refractivity contribution in [2.45, 2.75) is 18.1 Å². The molecule has 0 aliphatic rings. The molecule has 0 saturated heterocycles. The molecule has 0 aliphatic carbocycles. The molecule has 1 rings (SSSR count).